The van der Waals surface area contributed by atoms with Crippen LogP contribution in [0.1, 0.15) is 5.56 Å². The zero-order valence-electron chi connectivity index (χ0n) is 9.33. The number of halogens is 1. The van der Waals surface area contributed by atoms with E-state index in [1.54, 1.807) is 19.1 Å². The summed E-state index contributed by atoms with van der Waals surface area (Å²) < 4.78 is 32.2. The Balaban J connectivity index is 2.80. The fourth-order valence-electron chi connectivity index (χ4n) is 1.09. The highest BCUT2D eigenvalue weighted by atomic mass is 79.9. The highest BCUT2D eigenvalue weighted by Gasteiger charge is 2.13. The molecule has 0 spiro atoms. The van der Waals surface area contributed by atoms with Gasteiger partial charge in [-0.25, -0.2) is 5.26 Å². The first-order valence-corrected chi connectivity index (χ1v) is 8.16. The summed E-state index contributed by atoms with van der Waals surface area (Å²) >= 11 is 3.83. The van der Waals surface area contributed by atoms with Gasteiger partial charge in [0.1, 0.15) is 5.75 Å². The summed E-state index contributed by atoms with van der Waals surface area (Å²) in [6.07, 6.45) is 0. The van der Waals surface area contributed by atoms with Crippen molar-refractivity contribution < 1.29 is 27.2 Å². The molecule has 6 nitrogen and oxygen atoms in total. The second-order valence-electron chi connectivity index (χ2n) is 3.19. The molecule has 0 radical (unpaired) electrons. The monoisotopic (exact) mass is 358 g/mol. The Morgan fingerprint density at radius 2 is 2.17 bits per heavy atom. The Morgan fingerprint density at radius 3 is 2.72 bits per heavy atom. The number of aryl methyl sites for hydroxylation is 1. The standard InChI is InChI=1S/C9H11BrO6S2/c1-7-6-8(17-16-15-11)2-3-9(7)14-18(12,13)5-4-10/h2-3,6,11H,4-5H2,1H3. The van der Waals surface area contributed by atoms with E-state index < -0.39 is 10.1 Å². The van der Waals surface area contributed by atoms with Crippen molar-refractivity contribution >= 4 is 38.1 Å². The normalized spacial score (nSPS) is 11.5. The molecule has 0 fully saturated rings. The molecule has 0 heterocycles. The number of rotatable bonds is 7. The molecule has 0 saturated heterocycles. The highest BCUT2D eigenvalue weighted by molar-refractivity contribution is 9.09. The molecule has 9 heteroatoms. The Bertz CT molecular complexity index is 490. The zero-order valence-corrected chi connectivity index (χ0v) is 12.5. The van der Waals surface area contributed by atoms with E-state index in [0.717, 1.165) is 12.0 Å². The van der Waals surface area contributed by atoms with E-state index in [-0.39, 0.29) is 11.5 Å². The van der Waals surface area contributed by atoms with Crippen molar-refractivity contribution in [2.75, 3.05) is 11.1 Å². The largest absolute Gasteiger partial charge is 0.382 e. The lowest BCUT2D eigenvalue weighted by Gasteiger charge is -2.09. The van der Waals surface area contributed by atoms with Gasteiger partial charge in [0, 0.05) is 10.2 Å². The number of hydrogen-bond acceptors (Lipinski definition) is 7. The van der Waals surface area contributed by atoms with E-state index in [1.165, 1.54) is 6.07 Å². The Kier molecular flexibility index (Phi) is 6.39. The quantitative estimate of drug-likeness (QED) is 0.263. The van der Waals surface area contributed by atoms with Gasteiger partial charge in [0.2, 0.25) is 0 Å². The summed E-state index contributed by atoms with van der Waals surface area (Å²) in [7, 11) is -3.59. The SMILES string of the molecule is Cc1cc(SOOO)ccc1OS(=O)(=O)CCBr. The van der Waals surface area contributed by atoms with Gasteiger partial charge < -0.3 is 4.18 Å². The molecule has 0 aliphatic rings. The van der Waals surface area contributed by atoms with Crippen LogP contribution in [0.5, 0.6) is 5.75 Å². The smallest absolute Gasteiger partial charge is 0.310 e. The van der Waals surface area contributed by atoms with Crippen LogP contribution in [0.3, 0.4) is 0 Å². The molecule has 0 aliphatic carbocycles. The molecular weight excluding hydrogens is 348 g/mol. The first kappa shape index (κ1) is 15.7. The van der Waals surface area contributed by atoms with Crippen LogP contribution in [0, 0.1) is 6.92 Å². The molecule has 0 aliphatic heterocycles. The van der Waals surface area contributed by atoms with Gasteiger partial charge in [-0.2, -0.15) is 8.42 Å². The molecule has 1 aromatic carbocycles. The molecule has 0 saturated carbocycles. The third-order valence-electron chi connectivity index (χ3n) is 1.85. The van der Waals surface area contributed by atoms with Gasteiger partial charge in [-0.1, -0.05) is 21.0 Å². The summed E-state index contributed by atoms with van der Waals surface area (Å²) in [5.74, 6) is 0.148. The first-order chi connectivity index (χ1) is 8.48. The van der Waals surface area contributed by atoms with Crippen molar-refractivity contribution in [1.82, 2.24) is 0 Å². The molecule has 1 rings (SSSR count). The average molecular weight is 359 g/mol. The van der Waals surface area contributed by atoms with Crippen molar-refractivity contribution in [3.63, 3.8) is 0 Å². The maximum Gasteiger partial charge on any atom is 0.310 e. The molecule has 0 unspecified atom stereocenters. The van der Waals surface area contributed by atoms with Gasteiger partial charge in [0.05, 0.1) is 17.8 Å². The Hall–Kier alpha value is -0.320. The highest BCUT2D eigenvalue weighted by Crippen LogP contribution is 2.27. The van der Waals surface area contributed by atoms with Crippen molar-refractivity contribution in [3.05, 3.63) is 23.8 Å². The van der Waals surface area contributed by atoms with Gasteiger partial charge in [0.15, 0.2) is 0 Å². The number of benzene rings is 1. The van der Waals surface area contributed by atoms with Crippen LogP contribution in [0.4, 0.5) is 0 Å². The van der Waals surface area contributed by atoms with Crippen molar-refractivity contribution in [3.8, 4) is 5.75 Å². The fourth-order valence-corrected chi connectivity index (χ4v) is 3.47. The van der Waals surface area contributed by atoms with Crippen LogP contribution in [-0.2, 0) is 19.5 Å². The molecule has 0 atom stereocenters. The molecule has 0 aromatic heterocycles. The van der Waals surface area contributed by atoms with E-state index in [2.05, 4.69) is 25.3 Å². The number of hydrogen-bond donors (Lipinski definition) is 1. The molecule has 1 N–H and O–H groups in total. The molecular formula is C9H11BrO6S2. The third-order valence-corrected chi connectivity index (χ3v) is 4.49. The van der Waals surface area contributed by atoms with E-state index in [0.29, 0.717) is 15.8 Å². The molecule has 1 aromatic rings. The van der Waals surface area contributed by atoms with Crippen LogP contribution in [-0.4, -0.2) is 24.8 Å². The topological polar surface area (TPSA) is 82.1 Å². The third kappa shape index (κ3) is 5.12. The second-order valence-corrected chi connectivity index (χ2v) is 6.44. The second kappa shape index (κ2) is 7.31. The Labute approximate surface area is 118 Å². The van der Waals surface area contributed by atoms with Crippen LogP contribution < -0.4 is 4.18 Å². The van der Waals surface area contributed by atoms with Crippen molar-refractivity contribution in [1.29, 1.82) is 0 Å². The predicted octanol–water partition coefficient (Wildman–Crippen LogP) is 2.53. The van der Waals surface area contributed by atoms with Gasteiger partial charge in [-0.3, -0.25) is 0 Å². The summed E-state index contributed by atoms with van der Waals surface area (Å²) in [5, 5.41) is 11.8. The molecule has 102 valence electrons. The summed E-state index contributed by atoms with van der Waals surface area (Å²) in [5.41, 5.74) is 0.625. The minimum absolute atomic E-state index is 0.107. The van der Waals surface area contributed by atoms with Gasteiger partial charge in [-0.05, 0) is 30.7 Å². The van der Waals surface area contributed by atoms with E-state index in [1.807, 2.05) is 0 Å². The lowest BCUT2D eigenvalue weighted by molar-refractivity contribution is -0.432. The molecule has 0 amide bonds. The van der Waals surface area contributed by atoms with E-state index >= 15 is 0 Å². The minimum Gasteiger partial charge on any atom is -0.382 e. The zero-order chi connectivity index (χ0) is 13.6. The summed E-state index contributed by atoms with van der Waals surface area (Å²) in [6.45, 7) is 1.70. The number of alkyl halides is 1. The fraction of sp³-hybridized carbons (Fsp3) is 0.333. The van der Waals surface area contributed by atoms with Gasteiger partial charge in [-0.15, -0.1) is 4.33 Å². The van der Waals surface area contributed by atoms with Crippen LogP contribution in [0.2, 0.25) is 0 Å². The molecule has 0 bridgehead atoms. The summed E-state index contributed by atoms with van der Waals surface area (Å²) in [4.78, 5) is 0.631. The maximum absolute atomic E-state index is 11.5. The predicted molar refractivity (Wildman–Crippen MR) is 70.0 cm³/mol. The Morgan fingerprint density at radius 1 is 1.44 bits per heavy atom. The lowest BCUT2D eigenvalue weighted by atomic mass is 10.2. The minimum atomic E-state index is -3.59. The maximum atomic E-state index is 11.5. The lowest BCUT2D eigenvalue weighted by Crippen LogP contribution is -2.15. The first-order valence-electron chi connectivity index (χ1n) is 4.72. The average Bonchev–Trinajstić information content (AvgIpc) is 2.29. The molecule has 18 heavy (non-hydrogen) atoms. The van der Waals surface area contributed by atoms with E-state index in [4.69, 9.17) is 9.44 Å². The van der Waals surface area contributed by atoms with Gasteiger partial charge >= 0.3 is 10.1 Å². The van der Waals surface area contributed by atoms with Crippen LogP contribution in [0.25, 0.3) is 0 Å². The van der Waals surface area contributed by atoms with Crippen LogP contribution in [0.15, 0.2) is 23.1 Å². The van der Waals surface area contributed by atoms with Gasteiger partial charge in [0.25, 0.3) is 0 Å². The van der Waals surface area contributed by atoms with E-state index in [9.17, 15) is 8.42 Å². The van der Waals surface area contributed by atoms with Crippen LogP contribution >= 0.6 is 28.0 Å². The van der Waals surface area contributed by atoms with Crippen molar-refractivity contribution in [2.45, 2.75) is 11.8 Å². The summed E-state index contributed by atoms with van der Waals surface area (Å²) in [6, 6.07) is 4.72. The van der Waals surface area contributed by atoms with Crippen molar-refractivity contribution in [2.24, 2.45) is 0 Å².